The fraction of sp³-hybridized carbons (Fsp3) is 0.700. The fourth-order valence-corrected chi connectivity index (χ4v) is 2.40. The summed E-state index contributed by atoms with van der Waals surface area (Å²) in [4.78, 5) is 2.48. The molecule has 1 aromatic rings. The fourth-order valence-electron chi connectivity index (χ4n) is 1.92. The second kappa shape index (κ2) is 4.63. The Kier molecular flexibility index (Phi) is 3.43. The summed E-state index contributed by atoms with van der Waals surface area (Å²) < 4.78 is 3.05. The number of rotatable bonds is 2. The Morgan fingerprint density at radius 2 is 2.47 bits per heavy atom. The number of nitrogens with one attached hydrogen (secondary N) is 1. The molecule has 1 fully saturated rings. The van der Waals surface area contributed by atoms with E-state index in [-0.39, 0.29) is 0 Å². The average molecular weight is 273 g/mol. The minimum atomic E-state index is 0.598. The van der Waals surface area contributed by atoms with Crippen molar-refractivity contribution < 1.29 is 0 Å². The molecule has 0 bridgehead atoms. The van der Waals surface area contributed by atoms with Gasteiger partial charge in [0.25, 0.3) is 0 Å². The van der Waals surface area contributed by atoms with Crippen LogP contribution >= 0.6 is 15.9 Å². The van der Waals surface area contributed by atoms with E-state index in [4.69, 9.17) is 0 Å². The molecule has 5 heteroatoms. The Balaban J connectivity index is 2.07. The summed E-state index contributed by atoms with van der Waals surface area (Å²) in [7, 11) is 1.99. The lowest BCUT2D eigenvalue weighted by atomic mass is 10.2. The van der Waals surface area contributed by atoms with Crippen molar-refractivity contribution in [1.82, 2.24) is 20.0 Å². The third-order valence-electron chi connectivity index (χ3n) is 3.00. The van der Waals surface area contributed by atoms with Gasteiger partial charge in [-0.2, -0.15) is 5.10 Å². The van der Waals surface area contributed by atoms with Crippen LogP contribution in [0.1, 0.15) is 12.6 Å². The maximum absolute atomic E-state index is 4.23. The SMILES string of the molecule is CC1CNCCN1Cc1c(Br)cnn1C. The molecule has 1 saturated heterocycles. The zero-order chi connectivity index (χ0) is 10.8. The van der Waals surface area contributed by atoms with E-state index in [9.17, 15) is 0 Å². The molecule has 4 nitrogen and oxygen atoms in total. The molecule has 0 amide bonds. The summed E-state index contributed by atoms with van der Waals surface area (Å²) >= 11 is 3.54. The number of nitrogens with zero attached hydrogens (tertiary/aromatic N) is 3. The van der Waals surface area contributed by atoms with E-state index < -0.39 is 0 Å². The first-order chi connectivity index (χ1) is 7.18. The second-order valence-corrected chi connectivity index (χ2v) is 4.94. The molecule has 0 spiro atoms. The normalized spacial score (nSPS) is 23.3. The van der Waals surface area contributed by atoms with Crippen LogP contribution in [-0.2, 0) is 13.6 Å². The highest BCUT2D eigenvalue weighted by molar-refractivity contribution is 9.10. The molecule has 0 saturated carbocycles. The van der Waals surface area contributed by atoms with Gasteiger partial charge < -0.3 is 5.32 Å². The van der Waals surface area contributed by atoms with Gasteiger partial charge in [-0.1, -0.05) is 0 Å². The minimum Gasteiger partial charge on any atom is -0.314 e. The van der Waals surface area contributed by atoms with Crippen molar-refractivity contribution in [2.45, 2.75) is 19.5 Å². The highest BCUT2D eigenvalue weighted by atomic mass is 79.9. The quantitative estimate of drug-likeness (QED) is 0.872. The minimum absolute atomic E-state index is 0.598. The Labute approximate surface area is 98.8 Å². The van der Waals surface area contributed by atoms with Gasteiger partial charge in [0.15, 0.2) is 0 Å². The number of halogens is 1. The Morgan fingerprint density at radius 3 is 3.07 bits per heavy atom. The second-order valence-electron chi connectivity index (χ2n) is 4.09. The standard InChI is InChI=1S/C10H17BrN4/c1-8-5-12-3-4-15(8)7-10-9(11)6-13-14(10)2/h6,8,12H,3-5,7H2,1-2H3. The van der Waals surface area contributed by atoms with Gasteiger partial charge in [0.05, 0.1) is 16.4 Å². The topological polar surface area (TPSA) is 33.1 Å². The summed E-state index contributed by atoms with van der Waals surface area (Å²) in [6.45, 7) is 6.50. The van der Waals surface area contributed by atoms with Crippen LogP contribution in [0.4, 0.5) is 0 Å². The van der Waals surface area contributed by atoms with Gasteiger partial charge in [0, 0.05) is 39.3 Å². The number of aryl methyl sites for hydroxylation is 1. The lowest BCUT2D eigenvalue weighted by Gasteiger charge is -2.33. The van der Waals surface area contributed by atoms with E-state index in [1.807, 2.05) is 17.9 Å². The Bertz CT molecular complexity index is 317. The van der Waals surface area contributed by atoms with E-state index in [0.29, 0.717) is 6.04 Å². The van der Waals surface area contributed by atoms with Crippen LogP contribution < -0.4 is 5.32 Å². The number of hydrogen-bond acceptors (Lipinski definition) is 3. The van der Waals surface area contributed by atoms with Gasteiger partial charge in [-0.15, -0.1) is 0 Å². The predicted octanol–water partition coefficient (Wildman–Crippen LogP) is 0.976. The van der Waals surface area contributed by atoms with Crippen LogP contribution in [0.2, 0.25) is 0 Å². The van der Waals surface area contributed by atoms with E-state index >= 15 is 0 Å². The molecule has 15 heavy (non-hydrogen) atoms. The van der Waals surface area contributed by atoms with Crippen LogP contribution in [0.25, 0.3) is 0 Å². The zero-order valence-corrected chi connectivity index (χ0v) is 10.8. The maximum atomic E-state index is 4.23. The molecule has 1 aromatic heterocycles. The van der Waals surface area contributed by atoms with Gasteiger partial charge >= 0.3 is 0 Å². The lowest BCUT2D eigenvalue weighted by molar-refractivity contribution is 0.161. The predicted molar refractivity (Wildman–Crippen MR) is 63.6 cm³/mol. The first kappa shape index (κ1) is 11.1. The van der Waals surface area contributed by atoms with Crippen molar-refractivity contribution in [3.63, 3.8) is 0 Å². The molecule has 1 aliphatic heterocycles. The van der Waals surface area contributed by atoms with Gasteiger partial charge in [0.2, 0.25) is 0 Å². The van der Waals surface area contributed by atoms with Gasteiger partial charge in [-0.25, -0.2) is 0 Å². The van der Waals surface area contributed by atoms with Gasteiger partial charge in [0.1, 0.15) is 0 Å². The molecular weight excluding hydrogens is 256 g/mol. The van der Waals surface area contributed by atoms with Crippen molar-refractivity contribution >= 4 is 15.9 Å². The molecule has 1 atom stereocenters. The monoisotopic (exact) mass is 272 g/mol. The number of hydrogen-bond donors (Lipinski definition) is 1. The zero-order valence-electron chi connectivity index (χ0n) is 9.20. The molecule has 1 unspecified atom stereocenters. The molecular formula is C10H17BrN4. The number of piperazine rings is 1. The molecule has 1 N–H and O–H groups in total. The lowest BCUT2D eigenvalue weighted by Crippen LogP contribution is -2.49. The van der Waals surface area contributed by atoms with Crippen molar-refractivity contribution in [2.75, 3.05) is 19.6 Å². The first-order valence-corrected chi connectivity index (χ1v) is 6.09. The largest absolute Gasteiger partial charge is 0.314 e. The van der Waals surface area contributed by atoms with Gasteiger partial charge in [-0.3, -0.25) is 9.58 Å². The summed E-state index contributed by atoms with van der Waals surface area (Å²) in [6, 6.07) is 0.598. The highest BCUT2D eigenvalue weighted by Gasteiger charge is 2.20. The van der Waals surface area contributed by atoms with E-state index in [1.165, 1.54) is 5.69 Å². The smallest absolute Gasteiger partial charge is 0.0663 e. The van der Waals surface area contributed by atoms with Crippen molar-refractivity contribution in [1.29, 1.82) is 0 Å². The van der Waals surface area contributed by atoms with E-state index in [1.54, 1.807) is 0 Å². The third kappa shape index (κ3) is 2.41. The maximum Gasteiger partial charge on any atom is 0.0663 e. The molecule has 0 aromatic carbocycles. The molecule has 1 aliphatic rings. The van der Waals surface area contributed by atoms with E-state index in [2.05, 4.69) is 38.2 Å². The number of aromatic nitrogens is 2. The first-order valence-electron chi connectivity index (χ1n) is 5.29. The van der Waals surface area contributed by atoms with Crippen molar-refractivity contribution in [2.24, 2.45) is 7.05 Å². The van der Waals surface area contributed by atoms with Crippen LogP contribution in [0.3, 0.4) is 0 Å². The van der Waals surface area contributed by atoms with Crippen LogP contribution in [0.5, 0.6) is 0 Å². The molecule has 84 valence electrons. The molecule has 2 heterocycles. The van der Waals surface area contributed by atoms with Crippen LogP contribution in [-0.4, -0.2) is 40.4 Å². The average Bonchev–Trinajstić information content (AvgIpc) is 2.53. The van der Waals surface area contributed by atoms with E-state index in [0.717, 1.165) is 30.7 Å². The summed E-state index contributed by atoms with van der Waals surface area (Å²) in [6.07, 6.45) is 1.86. The summed E-state index contributed by atoms with van der Waals surface area (Å²) in [5.74, 6) is 0. The van der Waals surface area contributed by atoms with Crippen LogP contribution in [0.15, 0.2) is 10.7 Å². The highest BCUT2D eigenvalue weighted by Crippen LogP contribution is 2.18. The van der Waals surface area contributed by atoms with Crippen molar-refractivity contribution in [3.8, 4) is 0 Å². The van der Waals surface area contributed by atoms with Crippen molar-refractivity contribution in [3.05, 3.63) is 16.4 Å². The molecule has 2 rings (SSSR count). The Morgan fingerprint density at radius 1 is 1.67 bits per heavy atom. The van der Waals surface area contributed by atoms with Crippen LogP contribution in [0, 0.1) is 0 Å². The molecule has 0 radical (unpaired) electrons. The molecule has 0 aliphatic carbocycles. The summed E-state index contributed by atoms with van der Waals surface area (Å²) in [5, 5.41) is 7.63. The Hall–Kier alpha value is -0.390. The summed E-state index contributed by atoms with van der Waals surface area (Å²) in [5.41, 5.74) is 1.25. The van der Waals surface area contributed by atoms with Gasteiger partial charge in [-0.05, 0) is 22.9 Å². The third-order valence-corrected chi connectivity index (χ3v) is 3.66.